The monoisotopic (exact) mass is 301 g/mol. The summed E-state index contributed by atoms with van der Waals surface area (Å²) in [7, 11) is 0. The van der Waals surface area contributed by atoms with E-state index in [0.717, 1.165) is 44.8 Å². The van der Waals surface area contributed by atoms with Gasteiger partial charge in [-0.25, -0.2) is 4.98 Å². The van der Waals surface area contributed by atoms with Crippen molar-refractivity contribution in [3.63, 3.8) is 0 Å². The topological polar surface area (TPSA) is 37.4 Å². The summed E-state index contributed by atoms with van der Waals surface area (Å²) in [6, 6.07) is 4.37. The van der Waals surface area contributed by atoms with Gasteiger partial charge in [0, 0.05) is 32.4 Å². The third-order valence-corrected chi connectivity index (χ3v) is 4.46. The molecule has 1 fully saturated rings. The quantitative estimate of drug-likeness (QED) is 0.906. The first-order chi connectivity index (χ1) is 10.9. The van der Waals surface area contributed by atoms with Crippen molar-refractivity contribution in [2.45, 2.75) is 51.2 Å². The Labute approximate surface area is 133 Å². The predicted molar refractivity (Wildman–Crippen MR) is 89.9 cm³/mol. The molecule has 0 saturated carbocycles. The molecule has 1 aromatic heterocycles. The van der Waals surface area contributed by atoms with Crippen LogP contribution in [-0.2, 0) is 11.3 Å². The van der Waals surface area contributed by atoms with Gasteiger partial charge in [0.05, 0.1) is 6.26 Å². The molecule has 22 heavy (non-hydrogen) atoms. The maximum absolute atomic E-state index is 5.56. The Hall–Kier alpha value is -1.55. The standard InChI is InChI=1S/C18H27N3O/c1-2-5-11-21(10-4-1)18-9-8-16(14-20-18)13-19-15-17-7-3-6-12-22-17/h6,8-9,12,14,17,19H,1-5,7,10-11,13,15H2. The van der Waals surface area contributed by atoms with Gasteiger partial charge in [0.15, 0.2) is 0 Å². The van der Waals surface area contributed by atoms with Gasteiger partial charge >= 0.3 is 0 Å². The lowest BCUT2D eigenvalue weighted by atomic mass is 10.1. The highest BCUT2D eigenvalue weighted by molar-refractivity contribution is 5.39. The minimum absolute atomic E-state index is 0.314. The molecular weight excluding hydrogens is 274 g/mol. The van der Waals surface area contributed by atoms with Gasteiger partial charge in [-0.3, -0.25) is 0 Å². The molecule has 2 aliphatic heterocycles. The summed E-state index contributed by atoms with van der Waals surface area (Å²) in [5.74, 6) is 1.13. The van der Waals surface area contributed by atoms with Crippen molar-refractivity contribution >= 4 is 5.82 Å². The Morgan fingerprint density at radius 1 is 1.18 bits per heavy atom. The van der Waals surface area contributed by atoms with Crippen molar-refractivity contribution in [2.24, 2.45) is 0 Å². The molecule has 1 saturated heterocycles. The molecular formula is C18H27N3O. The lowest BCUT2D eigenvalue weighted by molar-refractivity contribution is 0.122. The van der Waals surface area contributed by atoms with E-state index in [0.29, 0.717) is 6.10 Å². The van der Waals surface area contributed by atoms with Gasteiger partial charge in [-0.05, 0) is 43.4 Å². The highest BCUT2D eigenvalue weighted by Crippen LogP contribution is 2.17. The number of rotatable bonds is 5. The molecule has 3 heterocycles. The van der Waals surface area contributed by atoms with E-state index in [4.69, 9.17) is 4.74 Å². The summed E-state index contributed by atoms with van der Waals surface area (Å²) in [4.78, 5) is 7.08. The fraction of sp³-hybridized carbons (Fsp3) is 0.611. The van der Waals surface area contributed by atoms with Gasteiger partial charge < -0.3 is 15.0 Å². The maximum atomic E-state index is 5.56. The molecule has 1 N–H and O–H groups in total. The number of anilines is 1. The zero-order chi connectivity index (χ0) is 15.0. The largest absolute Gasteiger partial charge is 0.497 e. The molecule has 1 aromatic rings. The van der Waals surface area contributed by atoms with Crippen LogP contribution in [0.2, 0.25) is 0 Å². The van der Waals surface area contributed by atoms with E-state index in [2.05, 4.69) is 33.4 Å². The van der Waals surface area contributed by atoms with E-state index in [1.807, 2.05) is 12.5 Å². The molecule has 0 bridgehead atoms. The van der Waals surface area contributed by atoms with Crippen LogP contribution in [0.25, 0.3) is 0 Å². The summed E-state index contributed by atoms with van der Waals surface area (Å²) in [5.41, 5.74) is 1.24. The first kappa shape index (κ1) is 15.3. The second-order valence-electron chi connectivity index (χ2n) is 6.26. The van der Waals surface area contributed by atoms with Crippen LogP contribution in [0.4, 0.5) is 5.82 Å². The van der Waals surface area contributed by atoms with Crippen molar-refractivity contribution < 1.29 is 4.74 Å². The normalized spacial score (nSPS) is 22.2. The summed E-state index contributed by atoms with van der Waals surface area (Å²) >= 11 is 0. The zero-order valence-electron chi connectivity index (χ0n) is 13.3. The van der Waals surface area contributed by atoms with E-state index < -0.39 is 0 Å². The Balaban J connectivity index is 1.45. The highest BCUT2D eigenvalue weighted by Gasteiger charge is 2.12. The average Bonchev–Trinajstić information content (AvgIpc) is 2.86. The Morgan fingerprint density at radius 2 is 2.05 bits per heavy atom. The second-order valence-corrected chi connectivity index (χ2v) is 6.26. The summed E-state index contributed by atoms with van der Waals surface area (Å²) in [6.45, 7) is 4.06. The van der Waals surface area contributed by atoms with Crippen LogP contribution in [0.15, 0.2) is 30.7 Å². The molecule has 4 heteroatoms. The average molecular weight is 301 g/mol. The molecule has 3 rings (SSSR count). The van der Waals surface area contributed by atoms with Crippen LogP contribution in [0.3, 0.4) is 0 Å². The third kappa shape index (κ3) is 4.47. The van der Waals surface area contributed by atoms with Crippen molar-refractivity contribution in [1.29, 1.82) is 0 Å². The molecule has 1 unspecified atom stereocenters. The van der Waals surface area contributed by atoms with Gasteiger partial charge in [-0.2, -0.15) is 0 Å². The molecule has 0 radical (unpaired) electrons. The number of nitrogens with zero attached hydrogens (tertiary/aromatic N) is 2. The number of hydrogen-bond donors (Lipinski definition) is 1. The Morgan fingerprint density at radius 3 is 2.73 bits per heavy atom. The van der Waals surface area contributed by atoms with Crippen LogP contribution in [0.1, 0.15) is 44.1 Å². The molecule has 0 amide bonds. The van der Waals surface area contributed by atoms with Crippen LogP contribution in [0, 0.1) is 0 Å². The van der Waals surface area contributed by atoms with E-state index in [1.54, 1.807) is 0 Å². The van der Waals surface area contributed by atoms with E-state index >= 15 is 0 Å². The van der Waals surface area contributed by atoms with Gasteiger partial charge in [0.2, 0.25) is 0 Å². The lowest BCUT2D eigenvalue weighted by Gasteiger charge is -2.22. The van der Waals surface area contributed by atoms with E-state index in [9.17, 15) is 0 Å². The predicted octanol–water partition coefficient (Wildman–Crippen LogP) is 3.24. The first-order valence-electron chi connectivity index (χ1n) is 8.63. The SMILES string of the molecule is C1=COC(CNCc2ccc(N3CCCCCC3)nc2)CC1. The molecule has 0 spiro atoms. The number of pyridine rings is 1. The second kappa shape index (κ2) is 8.18. The van der Waals surface area contributed by atoms with Crippen molar-refractivity contribution in [1.82, 2.24) is 10.3 Å². The van der Waals surface area contributed by atoms with Crippen LogP contribution >= 0.6 is 0 Å². The fourth-order valence-corrected chi connectivity index (χ4v) is 3.12. The smallest absolute Gasteiger partial charge is 0.128 e. The minimum atomic E-state index is 0.314. The third-order valence-electron chi connectivity index (χ3n) is 4.46. The van der Waals surface area contributed by atoms with Gasteiger partial charge in [-0.15, -0.1) is 0 Å². The summed E-state index contributed by atoms with van der Waals surface area (Å²) in [5, 5.41) is 3.47. The summed E-state index contributed by atoms with van der Waals surface area (Å²) in [6.07, 6.45) is 13.8. The number of aromatic nitrogens is 1. The molecule has 4 nitrogen and oxygen atoms in total. The van der Waals surface area contributed by atoms with Crippen LogP contribution < -0.4 is 10.2 Å². The Bertz CT molecular complexity index is 464. The molecule has 120 valence electrons. The van der Waals surface area contributed by atoms with Crippen LogP contribution in [-0.4, -0.2) is 30.7 Å². The van der Waals surface area contributed by atoms with Gasteiger partial charge in [0.25, 0.3) is 0 Å². The van der Waals surface area contributed by atoms with Crippen molar-refractivity contribution in [3.05, 3.63) is 36.2 Å². The van der Waals surface area contributed by atoms with Crippen molar-refractivity contribution in [2.75, 3.05) is 24.5 Å². The van der Waals surface area contributed by atoms with E-state index in [-0.39, 0.29) is 0 Å². The van der Waals surface area contributed by atoms with Crippen molar-refractivity contribution in [3.8, 4) is 0 Å². The summed E-state index contributed by atoms with van der Waals surface area (Å²) < 4.78 is 5.56. The minimum Gasteiger partial charge on any atom is -0.497 e. The lowest BCUT2D eigenvalue weighted by Crippen LogP contribution is -2.29. The molecule has 2 aliphatic rings. The van der Waals surface area contributed by atoms with Gasteiger partial charge in [0.1, 0.15) is 11.9 Å². The van der Waals surface area contributed by atoms with Crippen LogP contribution in [0.5, 0.6) is 0 Å². The molecule has 0 aromatic carbocycles. The number of ether oxygens (including phenoxy) is 1. The maximum Gasteiger partial charge on any atom is 0.128 e. The highest BCUT2D eigenvalue weighted by atomic mass is 16.5. The molecule has 1 atom stereocenters. The van der Waals surface area contributed by atoms with E-state index in [1.165, 1.54) is 31.2 Å². The number of nitrogens with one attached hydrogen (secondary N) is 1. The number of allylic oxidation sites excluding steroid dienone is 1. The molecule has 0 aliphatic carbocycles. The first-order valence-corrected chi connectivity index (χ1v) is 8.63. The van der Waals surface area contributed by atoms with Gasteiger partial charge in [-0.1, -0.05) is 18.9 Å². The Kier molecular flexibility index (Phi) is 5.71. The fourth-order valence-electron chi connectivity index (χ4n) is 3.12. The number of hydrogen-bond acceptors (Lipinski definition) is 4. The zero-order valence-corrected chi connectivity index (χ0v) is 13.3.